The Morgan fingerprint density at radius 3 is 3.00 bits per heavy atom. The minimum absolute atomic E-state index is 0.552. The summed E-state index contributed by atoms with van der Waals surface area (Å²) in [5, 5.41) is 4.40. The minimum Gasteiger partial charge on any atom is -0.368 e. The van der Waals surface area contributed by atoms with E-state index in [2.05, 4.69) is 39.4 Å². The predicted molar refractivity (Wildman–Crippen MR) is 68.4 cm³/mol. The summed E-state index contributed by atoms with van der Waals surface area (Å²) in [4.78, 5) is 4.18. The second kappa shape index (κ2) is 5.83. The summed E-state index contributed by atoms with van der Waals surface area (Å²) in [6, 6.07) is 1.83. The third-order valence-electron chi connectivity index (χ3n) is 1.77. The maximum absolute atomic E-state index is 5.99. The Kier molecular flexibility index (Phi) is 5.06. The van der Waals surface area contributed by atoms with Crippen molar-refractivity contribution in [3.05, 3.63) is 21.8 Å². The van der Waals surface area contributed by atoms with Gasteiger partial charge in [-0.05, 0) is 28.3 Å². The van der Waals surface area contributed by atoms with E-state index in [-0.39, 0.29) is 0 Å². The molecule has 0 saturated heterocycles. The van der Waals surface area contributed by atoms with Crippen molar-refractivity contribution in [3.8, 4) is 0 Å². The minimum atomic E-state index is 0.552. The number of hydrogen-bond donors (Lipinski definition) is 1. The van der Waals surface area contributed by atoms with Crippen molar-refractivity contribution in [1.82, 2.24) is 4.98 Å². The van der Waals surface area contributed by atoms with E-state index in [1.807, 2.05) is 17.8 Å². The zero-order chi connectivity index (χ0) is 10.6. The van der Waals surface area contributed by atoms with Crippen LogP contribution in [0.1, 0.15) is 6.92 Å². The Hall–Kier alpha value is 0.0700. The molecule has 1 N–H and O–H groups in total. The van der Waals surface area contributed by atoms with Gasteiger partial charge in [-0.3, -0.25) is 0 Å². The van der Waals surface area contributed by atoms with E-state index in [0.717, 1.165) is 16.8 Å². The number of nitrogens with zero attached hydrogens (tertiary/aromatic N) is 1. The lowest BCUT2D eigenvalue weighted by Gasteiger charge is -2.11. The van der Waals surface area contributed by atoms with Gasteiger partial charge in [0.15, 0.2) is 0 Å². The van der Waals surface area contributed by atoms with E-state index < -0.39 is 0 Å². The van der Waals surface area contributed by atoms with Gasteiger partial charge >= 0.3 is 0 Å². The van der Waals surface area contributed by atoms with Gasteiger partial charge in [0.25, 0.3) is 0 Å². The number of nitrogens with one attached hydrogen (secondary N) is 1. The molecule has 0 aromatic carbocycles. The molecule has 1 unspecified atom stereocenters. The lowest BCUT2D eigenvalue weighted by atomic mass is 10.4. The maximum atomic E-state index is 5.99. The Labute approximate surface area is 102 Å². The number of rotatable bonds is 4. The van der Waals surface area contributed by atoms with Gasteiger partial charge < -0.3 is 5.32 Å². The summed E-state index contributed by atoms with van der Waals surface area (Å²) in [6.07, 6.45) is 3.82. The molecule has 0 aliphatic carbocycles. The van der Waals surface area contributed by atoms with Crippen LogP contribution in [0.4, 0.5) is 5.82 Å². The van der Waals surface area contributed by atoms with E-state index in [1.54, 1.807) is 6.20 Å². The van der Waals surface area contributed by atoms with Crippen LogP contribution in [-0.2, 0) is 0 Å². The van der Waals surface area contributed by atoms with Crippen LogP contribution >= 0.6 is 39.3 Å². The maximum Gasteiger partial charge on any atom is 0.144 e. The average Bonchev–Trinajstić information content (AvgIpc) is 2.16. The second-order valence-corrected chi connectivity index (χ2v) is 5.51. The van der Waals surface area contributed by atoms with Crippen molar-refractivity contribution in [2.75, 3.05) is 18.1 Å². The van der Waals surface area contributed by atoms with Crippen molar-refractivity contribution < 1.29 is 0 Å². The van der Waals surface area contributed by atoms with Gasteiger partial charge in [-0.25, -0.2) is 4.98 Å². The molecule has 0 spiro atoms. The molecule has 0 aliphatic heterocycles. The van der Waals surface area contributed by atoms with Crippen molar-refractivity contribution in [2.45, 2.75) is 12.2 Å². The third-order valence-corrected chi connectivity index (χ3v) is 3.46. The fraction of sp³-hybridized carbons (Fsp3) is 0.444. The lowest BCUT2D eigenvalue weighted by Crippen LogP contribution is -2.13. The SMILES string of the molecule is CSC(C)CNc1ncc(Br)cc1Cl. The van der Waals surface area contributed by atoms with Crippen LogP contribution in [0.2, 0.25) is 5.02 Å². The number of anilines is 1. The second-order valence-electron chi connectivity index (χ2n) is 2.91. The first-order chi connectivity index (χ1) is 6.63. The Balaban J connectivity index is 2.59. The fourth-order valence-corrected chi connectivity index (χ4v) is 1.81. The Morgan fingerprint density at radius 2 is 2.43 bits per heavy atom. The highest BCUT2D eigenvalue weighted by Gasteiger charge is 2.04. The zero-order valence-electron chi connectivity index (χ0n) is 8.05. The first-order valence-electron chi connectivity index (χ1n) is 4.21. The molecule has 5 heteroatoms. The van der Waals surface area contributed by atoms with Crippen LogP contribution in [0.3, 0.4) is 0 Å². The molecule has 0 amide bonds. The quantitative estimate of drug-likeness (QED) is 0.917. The van der Waals surface area contributed by atoms with Gasteiger partial charge in [-0.2, -0.15) is 11.8 Å². The first kappa shape index (κ1) is 12.1. The molecular formula is C9H12BrClN2S. The number of aromatic nitrogens is 1. The van der Waals surface area contributed by atoms with E-state index in [9.17, 15) is 0 Å². The van der Waals surface area contributed by atoms with Crippen LogP contribution in [0.15, 0.2) is 16.7 Å². The van der Waals surface area contributed by atoms with Gasteiger partial charge in [-0.15, -0.1) is 0 Å². The molecule has 0 fully saturated rings. The van der Waals surface area contributed by atoms with Crippen molar-refractivity contribution in [3.63, 3.8) is 0 Å². The molecule has 1 heterocycles. The highest BCUT2D eigenvalue weighted by atomic mass is 79.9. The van der Waals surface area contributed by atoms with Crippen LogP contribution in [-0.4, -0.2) is 23.0 Å². The van der Waals surface area contributed by atoms with Gasteiger partial charge in [0.1, 0.15) is 5.82 Å². The Bertz CT molecular complexity index is 309. The highest BCUT2D eigenvalue weighted by molar-refractivity contribution is 9.10. The summed E-state index contributed by atoms with van der Waals surface area (Å²) in [5.41, 5.74) is 0. The van der Waals surface area contributed by atoms with Crippen LogP contribution in [0.25, 0.3) is 0 Å². The highest BCUT2D eigenvalue weighted by Crippen LogP contribution is 2.23. The largest absolute Gasteiger partial charge is 0.368 e. The molecule has 78 valence electrons. The molecule has 1 atom stereocenters. The van der Waals surface area contributed by atoms with Gasteiger partial charge in [-0.1, -0.05) is 18.5 Å². The summed E-state index contributed by atoms with van der Waals surface area (Å²) in [5.74, 6) is 0.746. The monoisotopic (exact) mass is 294 g/mol. The molecule has 1 aromatic rings. The molecule has 0 bridgehead atoms. The average molecular weight is 296 g/mol. The van der Waals surface area contributed by atoms with E-state index in [4.69, 9.17) is 11.6 Å². The molecule has 0 aliphatic rings. The number of halogens is 2. The standard InChI is InChI=1S/C9H12BrClN2S/c1-6(14-2)4-12-9-8(11)3-7(10)5-13-9/h3,5-6H,4H2,1-2H3,(H,12,13). The molecule has 0 saturated carbocycles. The van der Waals surface area contributed by atoms with Crippen LogP contribution in [0, 0.1) is 0 Å². The van der Waals surface area contributed by atoms with Crippen LogP contribution < -0.4 is 5.32 Å². The molecular weight excluding hydrogens is 284 g/mol. The molecule has 1 rings (SSSR count). The van der Waals surface area contributed by atoms with Crippen LogP contribution in [0.5, 0.6) is 0 Å². The number of hydrogen-bond acceptors (Lipinski definition) is 3. The summed E-state index contributed by atoms with van der Waals surface area (Å²) in [6.45, 7) is 3.03. The Morgan fingerprint density at radius 1 is 1.71 bits per heavy atom. The zero-order valence-corrected chi connectivity index (χ0v) is 11.2. The number of pyridine rings is 1. The predicted octanol–water partition coefficient (Wildman–Crippen LogP) is 3.66. The fourth-order valence-electron chi connectivity index (χ4n) is 0.868. The van der Waals surface area contributed by atoms with Crippen molar-refractivity contribution >= 4 is 45.1 Å². The summed E-state index contributed by atoms with van der Waals surface area (Å²) >= 11 is 11.1. The van der Waals surface area contributed by atoms with Crippen molar-refractivity contribution in [2.24, 2.45) is 0 Å². The van der Waals surface area contributed by atoms with E-state index in [1.165, 1.54) is 0 Å². The van der Waals surface area contributed by atoms with Gasteiger partial charge in [0, 0.05) is 22.5 Å². The van der Waals surface area contributed by atoms with Crippen molar-refractivity contribution in [1.29, 1.82) is 0 Å². The third kappa shape index (κ3) is 3.67. The summed E-state index contributed by atoms with van der Waals surface area (Å²) in [7, 11) is 0. The van der Waals surface area contributed by atoms with E-state index >= 15 is 0 Å². The lowest BCUT2D eigenvalue weighted by molar-refractivity contribution is 0.991. The first-order valence-corrected chi connectivity index (χ1v) is 6.67. The smallest absolute Gasteiger partial charge is 0.144 e. The molecule has 14 heavy (non-hydrogen) atoms. The summed E-state index contributed by atoms with van der Waals surface area (Å²) < 4.78 is 0.894. The normalized spacial score (nSPS) is 12.6. The molecule has 1 aromatic heterocycles. The number of thioether (sulfide) groups is 1. The van der Waals surface area contributed by atoms with Gasteiger partial charge in [0.2, 0.25) is 0 Å². The molecule has 0 radical (unpaired) electrons. The molecule has 2 nitrogen and oxygen atoms in total. The van der Waals surface area contributed by atoms with E-state index in [0.29, 0.717) is 10.3 Å². The topological polar surface area (TPSA) is 24.9 Å². The van der Waals surface area contributed by atoms with Gasteiger partial charge in [0.05, 0.1) is 5.02 Å².